The lowest BCUT2D eigenvalue weighted by Crippen LogP contribution is -2.56. The number of alkyl halides is 4. The maximum atomic E-state index is 14.2. The highest BCUT2D eigenvalue weighted by molar-refractivity contribution is 6.00. The Morgan fingerprint density at radius 3 is 2.50 bits per heavy atom. The molecule has 2 atom stereocenters. The zero-order valence-corrected chi connectivity index (χ0v) is 15.1. The molecular weight excluding hydrogens is 380 g/mol. The number of aliphatic hydroxyl groups is 1. The van der Waals surface area contributed by atoms with E-state index in [4.69, 9.17) is 0 Å². The van der Waals surface area contributed by atoms with Gasteiger partial charge in [-0.2, -0.15) is 13.2 Å². The zero-order valence-electron chi connectivity index (χ0n) is 15.1. The van der Waals surface area contributed by atoms with Crippen LogP contribution in [0.1, 0.15) is 47.7 Å². The van der Waals surface area contributed by atoms with Crippen molar-refractivity contribution in [2.45, 2.75) is 55.6 Å². The number of carbonyl (C=O) groups is 2. The van der Waals surface area contributed by atoms with Crippen LogP contribution in [0.15, 0.2) is 18.2 Å². The van der Waals surface area contributed by atoms with Crippen LogP contribution in [0.25, 0.3) is 0 Å². The van der Waals surface area contributed by atoms with Crippen molar-refractivity contribution in [1.82, 2.24) is 10.2 Å². The summed E-state index contributed by atoms with van der Waals surface area (Å²) in [5.41, 5.74) is -2.82. The van der Waals surface area contributed by atoms with Crippen molar-refractivity contribution in [3.05, 3.63) is 34.9 Å². The van der Waals surface area contributed by atoms with Gasteiger partial charge >= 0.3 is 6.18 Å². The number of nitrogens with zero attached hydrogens (tertiary/aromatic N) is 1. The van der Waals surface area contributed by atoms with Crippen molar-refractivity contribution in [2.75, 3.05) is 13.1 Å². The number of hydrogen-bond acceptors (Lipinski definition) is 3. The zero-order chi connectivity index (χ0) is 20.5. The number of fused-ring (bicyclic) bond motifs is 2. The van der Waals surface area contributed by atoms with Crippen molar-refractivity contribution in [3.63, 3.8) is 0 Å². The summed E-state index contributed by atoms with van der Waals surface area (Å²) < 4.78 is 53.3. The first kappa shape index (κ1) is 19.2. The Morgan fingerprint density at radius 1 is 1.32 bits per heavy atom. The van der Waals surface area contributed by atoms with E-state index in [9.17, 15) is 32.3 Å². The smallest absolute Gasteiger partial charge is 0.390 e. The number of hydrogen-bond donors (Lipinski definition) is 2. The second kappa shape index (κ2) is 5.92. The van der Waals surface area contributed by atoms with E-state index < -0.39 is 40.7 Å². The van der Waals surface area contributed by atoms with Crippen LogP contribution in [-0.4, -0.2) is 52.7 Å². The van der Waals surface area contributed by atoms with Gasteiger partial charge in [-0.15, -0.1) is 0 Å². The molecule has 28 heavy (non-hydrogen) atoms. The minimum atomic E-state index is -4.58. The van der Waals surface area contributed by atoms with Crippen molar-refractivity contribution in [1.29, 1.82) is 0 Å². The molecule has 3 aliphatic rings. The summed E-state index contributed by atoms with van der Waals surface area (Å²) in [6, 6.07) is 2.55. The van der Waals surface area contributed by atoms with Crippen LogP contribution >= 0.6 is 0 Å². The molecule has 1 heterocycles. The van der Waals surface area contributed by atoms with Gasteiger partial charge in [0.15, 0.2) is 0 Å². The molecule has 0 radical (unpaired) electrons. The summed E-state index contributed by atoms with van der Waals surface area (Å²) in [5, 5.41) is 12.4. The van der Waals surface area contributed by atoms with Gasteiger partial charge in [-0.1, -0.05) is 0 Å². The molecule has 9 heteroatoms. The summed E-state index contributed by atoms with van der Waals surface area (Å²) >= 11 is 0. The predicted molar refractivity (Wildman–Crippen MR) is 90.3 cm³/mol. The Labute approximate surface area is 158 Å². The first-order valence-corrected chi connectivity index (χ1v) is 9.08. The minimum Gasteiger partial charge on any atom is -0.390 e. The second-order valence-electron chi connectivity index (χ2n) is 8.42. The molecule has 0 unspecified atom stereocenters. The Hall–Kier alpha value is -2.16. The first-order chi connectivity index (χ1) is 12.9. The number of halogens is 4. The summed E-state index contributed by atoms with van der Waals surface area (Å²) in [4.78, 5) is 26.2. The highest BCUT2D eigenvalue weighted by atomic mass is 19.4. The van der Waals surface area contributed by atoms with Crippen LogP contribution in [0.3, 0.4) is 0 Å². The summed E-state index contributed by atoms with van der Waals surface area (Å²) in [7, 11) is 0. The van der Waals surface area contributed by atoms with E-state index in [0.29, 0.717) is 12.8 Å². The molecule has 1 spiro atoms. The van der Waals surface area contributed by atoms with Gasteiger partial charge in [0.05, 0.1) is 17.7 Å². The van der Waals surface area contributed by atoms with Gasteiger partial charge in [0.1, 0.15) is 6.17 Å². The van der Waals surface area contributed by atoms with Gasteiger partial charge in [-0.25, -0.2) is 4.39 Å². The Balaban J connectivity index is 1.53. The SMILES string of the molecule is C[C@]1(O)C[C@H](NC(=O)CN2C[C@@]3(C[C@@H]3F)c3cc(C(F)(F)F)ccc3C2=O)C1. The highest BCUT2D eigenvalue weighted by Crippen LogP contribution is 2.55. The molecule has 2 amide bonds. The fourth-order valence-corrected chi connectivity index (χ4v) is 4.37. The average molecular weight is 400 g/mol. The lowest BCUT2D eigenvalue weighted by molar-refractivity contribution is -0.137. The van der Waals surface area contributed by atoms with Gasteiger partial charge in [0.2, 0.25) is 5.91 Å². The van der Waals surface area contributed by atoms with Crippen LogP contribution in [0.2, 0.25) is 0 Å². The third-order valence-electron chi connectivity index (χ3n) is 5.93. The van der Waals surface area contributed by atoms with Gasteiger partial charge in [-0.3, -0.25) is 9.59 Å². The summed E-state index contributed by atoms with van der Waals surface area (Å²) in [5.74, 6) is -1.01. The van der Waals surface area contributed by atoms with E-state index in [1.165, 1.54) is 4.90 Å². The summed E-state index contributed by atoms with van der Waals surface area (Å²) in [6.07, 6.45) is -5.09. The maximum absolute atomic E-state index is 14.2. The molecule has 0 aromatic heterocycles. The van der Waals surface area contributed by atoms with Gasteiger partial charge in [0, 0.05) is 23.6 Å². The highest BCUT2D eigenvalue weighted by Gasteiger charge is 2.61. The van der Waals surface area contributed by atoms with E-state index >= 15 is 0 Å². The molecule has 2 N–H and O–H groups in total. The molecular formula is C19H20F4N2O3. The van der Waals surface area contributed by atoms with Crippen molar-refractivity contribution in [3.8, 4) is 0 Å². The van der Waals surface area contributed by atoms with E-state index in [1.54, 1.807) is 6.92 Å². The molecule has 5 nitrogen and oxygen atoms in total. The molecule has 2 fully saturated rings. The average Bonchev–Trinajstić information content (AvgIpc) is 3.19. The quantitative estimate of drug-likeness (QED) is 0.765. The Bertz CT molecular complexity index is 846. The van der Waals surface area contributed by atoms with E-state index in [2.05, 4.69) is 5.32 Å². The number of amides is 2. The van der Waals surface area contributed by atoms with Gasteiger partial charge < -0.3 is 15.3 Å². The Morgan fingerprint density at radius 2 is 1.96 bits per heavy atom. The number of carbonyl (C=O) groups excluding carboxylic acids is 2. The lowest BCUT2D eigenvalue weighted by Gasteiger charge is -2.41. The van der Waals surface area contributed by atoms with E-state index in [-0.39, 0.29) is 36.7 Å². The standard InChI is InChI=1S/C19H20F4N2O3/c1-17(28)5-11(6-17)24-15(26)8-25-9-18(7-14(18)20)13-4-10(19(21,22)23)2-3-12(13)16(25)27/h2-4,11,14,28H,5-9H2,1H3,(H,24,26)/t11-,14-,17-,18-/m0/s1. The van der Waals surface area contributed by atoms with Crippen LogP contribution in [0, 0.1) is 0 Å². The molecule has 2 aliphatic carbocycles. The molecule has 0 saturated heterocycles. The molecule has 1 aliphatic heterocycles. The lowest BCUT2D eigenvalue weighted by atomic mass is 9.77. The van der Waals surface area contributed by atoms with Crippen LogP contribution in [-0.2, 0) is 16.4 Å². The van der Waals surface area contributed by atoms with Crippen molar-refractivity contribution in [2.24, 2.45) is 0 Å². The Kier molecular flexibility index (Phi) is 4.05. The van der Waals surface area contributed by atoms with Crippen LogP contribution in [0.5, 0.6) is 0 Å². The molecule has 4 rings (SSSR count). The fraction of sp³-hybridized carbons (Fsp3) is 0.579. The maximum Gasteiger partial charge on any atom is 0.416 e. The van der Waals surface area contributed by atoms with Crippen LogP contribution in [0.4, 0.5) is 17.6 Å². The fourth-order valence-electron chi connectivity index (χ4n) is 4.37. The predicted octanol–water partition coefficient (Wildman–Crippen LogP) is 2.17. The largest absolute Gasteiger partial charge is 0.416 e. The number of nitrogens with one attached hydrogen (secondary N) is 1. The van der Waals surface area contributed by atoms with Gasteiger partial charge in [-0.05, 0) is 49.9 Å². The molecule has 152 valence electrons. The topological polar surface area (TPSA) is 69.6 Å². The monoisotopic (exact) mass is 400 g/mol. The third-order valence-corrected chi connectivity index (χ3v) is 5.93. The first-order valence-electron chi connectivity index (χ1n) is 9.08. The number of benzene rings is 1. The van der Waals surface area contributed by atoms with Crippen molar-refractivity contribution >= 4 is 11.8 Å². The molecule has 1 aromatic carbocycles. The molecule has 0 bridgehead atoms. The van der Waals surface area contributed by atoms with Crippen LogP contribution < -0.4 is 5.32 Å². The molecule has 2 saturated carbocycles. The van der Waals surface area contributed by atoms with E-state index in [0.717, 1.165) is 18.2 Å². The van der Waals surface area contributed by atoms with E-state index in [1.807, 2.05) is 0 Å². The van der Waals surface area contributed by atoms with Gasteiger partial charge in [0.25, 0.3) is 5.91 Å². The normalized spacial score (nSPS) is 34.1. The van der Waals surface area contributed by atoms with Crippen molar-refractivity contribution < 1.29 is 32.3 Å². The second-order valence-corrected chi connectivity index (χ2v) is 8.42. The number of rotatable bonds is 3. The summed E-state index contributed by atoms with van der Waals surface area (Å²) in [6.45, 7) is 1.23. The minimum absolute atomic E-state index is 0.0128. The molecule has 1 aromatic rings. The third kappa shape index (κ3) is 3.15.